The molecule has 0 N–H and O–H groups in total. The van der Waals surface area contributed by atoms with Crippen LogP contribution in [0.25, 0.3) is 0 Å². The second-order valence-electron chi connectivity index (χ2n) is 20.9. The second kappa shape index (κ2) is 55.2. The fraction of sp³-hybridized carbons (Fsp3) is 0.875. The second-order valence-corrected chi connectivity index (χ2v) is 20.9. The number of carbonyl (C=O) groups excluding carboxylic acids is 8. The van der Waals surface area contributed by atoms with Crippen LogP contribution < -0.4 is 20.4 Å². The zero-order valence-corrected chi connectivity index (χ0v) is 59.2. The Bertz CT molecular complexity index is 1460. The van der Waals surface area contributed by atoms with E-state index in [0.29, 0.717) is 52.9 Å². The van der Waals surface area contributed by atoms with E-state index < -0.39 is 93.8 Å². The number of carbonyl (C=O) groups is 8. The summed E-state index contributed by atoms with van der Waals surface area (Å²) in [6, 6.07) is 0. The molecule has 0 bridgehead atoms. The molecule has 0 aliphatic carbocycles. The zero-order chi connectivity index (χ0) is 65.2. The van der Waals surface area contributed by atoms with E-state index in [-0.39, 0.29) is 77.2 Å². The van der Waals surface area contributed by atoms with Gasteiger partial charge < -0.3 is 77.5 Å². The summed E-state index contributed by atoms with van der Waals surface area (Å²) < 4.78 is 43.9. The molecule has 0 radical (unpaired) electrons. The minimum absolute atomic E-state index is 0. The van der Waals surface area contributed by atoms with E-state index >= 15 is 0 Å². The van der Waals surface area contributed by atoms with Crippen LogP contribution in [0.4, 0.5) is 0 Å². The van der Waals surface area contributed by atoms with Crippen LogP contribution in [-0.2, 0) is 102 Å². The van der Waals surface area contributed by atoms with Crippen molar-refractivity contribution in [2.24, 2.45) is 21.7 Å². The van der Waals surface area contributed by atoms with Gasteiger partial charge in [0, 0.05) is 0 Å². The van der Waals surface area contributed by atoms with Crippen molar-refractivity contribution in [3.05, 3.63) is 0 Å². The molecule has 0 rings (SSSR count). The van der Waals surface area contributed by atoms with Crippen molar-refractivity contribution in [3.63, 3.8) is 0 Å². The first-order valence-electron chi connectivity index (χ1n) is 31.9. The zero-order valence-electron chi connectivity index (χ0n) is 55.6. The predicted octanol–water partition coefficient (Wildman–Crippen LogP) is 8.28. The van der Waals surface area contributed by atoms with Gasteiger partial charge >= 0.3 is 25.8 Å². The van der Waals surface area contributed by atoms with Gasteiger partial charge in [0.1, 0.15) is 0 Å². The molecule has 21 heteroatoms. The topological polar surface area (TPSA) is 303 Å². The van der Waals surface area contributed by atoms with Crippen LogP contribution in [0.5, 0.6) is 0 Å². The van der Waals surface area contributed by atoms with Gasteiger partial charge in [-0.25, -0.2) is 0 Å². The van der Waals surface area contributed by atoms with E-state index in [9.17, 15) is 58.8 Å². The Morgan fingerprint density at radius 1 is 0.247 bits per heavy atom. The number of ketones is 4. The molecule has 20 nitrogen and oxygen atoms in total. The molecule has 0 unspecified atom stereocenters. The van der Waals surface area contributed by atoms with Crippen LogP contribution in [0.1, 0.15) is 265 Å². The molecule has 0 saturated heterocycles. The van der Waals surface area contributed by atoms with Gasteiger partial charge in [0.05, 0.1) is 98.4 Å². The molecule has 496 valence electrons. The first-order chi connectivity index (χ1) is 40.0. The standard InChI is InChI=1S/4C16H30O5.Hf/c4*1-5-9-11-20-14(21-12-10-6-2)13(17)16(7-3,8-4)15(18)19;/h4*14H,5-12H2,1-4H3,(H,18,19);/q;;;;+4/p-4. The summed E-state index contributed by atoms with van der Waals surface area (Å²) in [6.07, 6.45) is 10.9. The van der Waals surface area contributed by atoms with E-state index in [1.807, 2.05) is 55.4 Å². The maximum atomic E-state index is 12.6. The molecule has 0 aromatic heterocycles. The molecule has 0 spiro atoms. The van der Waals surface area contributed by atoms with Crippen molar-refractivity contribution >= 4 is 47.0 Å². The van der Waals surface area contributed by atoms with Crippen LogP contribution in [-0.4, -0.2) is 125 Å². The Morgan fingerprint density at radius 3 is 0.424 bits per heavy atom. The normalized spacial score (nSPS) is 11.7. The minimum atomic E-state index is -1.52. The van der Waals surface area contributed by atoms with Crippen molar-refractivity contribution in [1.29, 1.82) is 0 Å². The molecule has 0 heterocycles. The number of unbranched alkanes of at least 4 members (excludes halogenated alkanes) is 8. The molecule has 85 heavy (non-hydrogen) atoms. The Balaban J connectivity index is -0.000000333. The van der Waals surface area contributed by atoms with Crippen molar-refractivity contribution in [3.8, 4) is 0 Å². The molecule has 0 aromatic rings. The Hall–Kier alpha value is -2.89. The fourth-order valence-corrected chi connectivity index (χ4v) is 8.33. The quantitative estimate of drug-likeness (QED) is 0.0239. The molecular weight excluding hydrogens is 1270 g/mol. The maximum absolute atomic E-state index is 12.6. The summed E-state index contributed by atoms with van der Waals surface area (Å²) in [5.74, 6) is -7.50. The van der Waals surface area contributed by atoms with Gasteiger partial charge in [-0.3, -0.25) is 19.2 Å². The van der Waals surface area contributed by atoms with Crippen LogP contribution in [0, 0.1) is 21.7 Å². The number of aliphatic carboxylic acids is 4. The SMILES string of the molecule is CCCCOC(OCCCC)C(=O)C(CC)(CC)C(=O)[O-].CCCCOC(OCCCC)C(=O)C(CC)(CC)C(=O)[O-].CCCCOC(OCCCC)C(=O)C(CC)(CC)C(=O)[O-].CCCCOC(OCCCC)C(=O)C(CC)(CC)C(=O)[O-].[Hf+4]. The largest absolute Gasteiger partial charge is 4.00 e. The molecule has 0 aliphatic rings. The fourth-order valence-electron chi connectivity index (χ4n) is 8.33. The third kappa shape index (κ3) is 32.4. The van der Waals surface area contributed by atoms with Crippen LogP contribution >= 0.6 is 0 Å². The van der Waals surface area contributed by atoms with Gasteiger partial charge in [0.15, 0.2) is 23.1 Å². The number of ether oxygens (including phenoxy) is 8. The van der Waals surface area contributed by atoms with Gasteiger partial charge in [-0.2, -0.15) is 0 Å². The molecule has 0 saturated carbocycles. The minimum Gasteiger partial charge on any atom is -0.549 e. The Labute approximate surface area is 531 Å². The number of carboxylic acids is 4. The number of Topliss-reactive ketones (excluding diaryl/α,β-unsaturated/α-hetero) is 4. The van der Waals surface area contributed by atoms with Crippen molar-refractivity contribution in [2.75, 3.05) is 52.9 Å². The van der Waals surface area contributed by atoms with E-state index in [1.165, 1.54) is 0 Å². The number of carboxylic acid groups (broad SMARTS) is 4. The van der Waals surface area contributed by atoms with Crippen molar-refractivity contribution < 1.29 is 123 Å². The van der Waals surface area contributed by atoms with Crippen LogP contribution in [0.2, 0.25) is 0 Å². The van der Waals surface area contributed by atoms with Gasteiger partial charge in [0.2, 0.25) is 25.2 Å². The predicted molar refractivity (Wildman–Crippen MR) is 314 cm³/mol. The van der Waals surface area contributed by atoms with Gasteiger partial charge in [-0.15, -0.1) is 0 Å². The Morgan fingerprint density at radius 2 is 0.353 bits per heavy atom. The van der Waals surface area contributed by atoms with E-state index in [2.05, 4.69) is 0 Å². The summed E-state index contributed by atoms with van der Waals surface area (Å²) in [7, 11) is 0. The number of hydrogen-bond acceptors (Lipinski definition) is 20. The van der Waals surface area contributed by atoms with Gasteiger partial charge in [0.25, 0.3) is 0 Å². The number of rotatable bonds is 52. The van der Waals surface area contributed by atoms with Crippen LogP contribution in [0.15, 0.2) is 0 Å². The molecule has 0 aromatic carbocycles. The number of hydrogen-bond donors (Lipinski definition) is 0. The first-order valence-corrected chi connectivity index (χ1v) is 31.9. The average molecular weight is 1380 g/mol. The third-order valence-electron chi connectivity index (χ3n) is 15.3. The molecule has 0 amide bonds. The summed E-state index contributed by atoms with van der Waals surface area (Å²) in [5.41, 5.74) is -6.10. The van der Waals surface area contributed by atoms with Gasteiger partial charge in [-0.1, -0.05) is 162 Å². The molecule has 0 aliphatic heterocycles. The first kappa shape index (κ1) is 90.8. The summed E-state index contributed by atoms with van der Waals surface area (Å²) in [5, 5.41) is 45.8. The average Bonchev–Trinajstić information content (AvgIpc) is 3.69. The van der Waals surface area contributed by atoms with Crippen LogP contribution in [0.3, 0.4) is 0 Å². The van der Waals surface area contributed by atoms with E-state index in [1.54, 1.807) is 55.4 Å². The molecule has 0 fully saturated rings. The van der Waals surface area contributed by atoms with E-state index in [4.69, 9.17) is 37.9 Å². The monoisotopic (exact) mass is 1380 g/mol. The van der Waals surface area contributed by atoms with Crippen molar-refractivity contribution in [2.45, 2.75) is 290 Å². The summed E-state index contributed by atoms with van der Waals surface area (Å²) >= 11 is 0. The summed E-state index contributed by atoms with van der Waals surface area (Å²) in [6.45, 7) is 32.6. The Kier molecular flexibility index (Phi) is 59.0. The maximum Gasteiger partial charge on any atom is 4.00 e. The molecule has 0 atom stereocenters. The smallest absolute Gasteiger partial charge is 0.549 e. The van der Waals surface area contributed by atoms with E-state index in [0.717, 1.165) is 103 Å². The summed E-state index contributed by atoms with van der Waals surface area (Å²) in [4.78, 5) is 96.1. The van der Waals surface area contributed by atoms with Gasteiger partial charge in [-0.05, 0) is 103 Å². The van der Waals surface area contributed by atoms with Crippen molar-refractivity contribution in [1.82, 2.24) is 0 Å². The third-order valence-corrected chi connectivity index (χ3v) is 15.3. The molecular formula is C64H116HfO20.